The van der Waals surface area contributed by atoms with Crippen LogP contribution in [0.1, 0.15) is 35.7 Å². The Hall–Kier alpha value is -2.17. The van der Waals surface area contributed by atoms with Gasteiger partial charge in [0, 0.05) is 12.3 Å². The average molecular weight is 260 g/mol. The third-order valence-corrected chi connectivity index (χ3v) is 3.01. The zero-order valence-corrected chi connectivity index (χ0v) is 11.2. The zero-order chi connectivity index (χ0) is 14.0. The van der Waals surface area contributed by atoms with Gasteiger partial charge in [-0.05, 0) is 31.5 Å². The first-order valence-corrected chi connectivity index (χ1v) is 6.10. The third kappa shape index (κ3) is 2.50. The molecule has 1 aromatic carbocycles. The average Bonchev–Trinajstić information content (AvgIpc) is 2.80. The summed E-state index contributed by atoms with van der Waals surface area (Å²) < 4.78 is 4.63. The van der Waals surface area contributed by atoms with Gasteiger partial charge in [-0.3, -0.25) is 4.79 Å². The van der Waals surface area contributed by atoms with E-state index in [2.05, 4.69) is 9.84 Å². The molecule has 1 heterocycles. The van der Waals surface area contributed by atoms with Gasteiger partial charge in [-0.25, -0.2) is 9.80 Å². The number of esters is 1. The first-order valence-electron chi connectivity index (χ1n) is 6.10. The fourth-order valence-corrected chi connectivity index (χ4v) is 1.96. The van der Waals surface area contributed by atoms with Crippen molar-refractivity contribution in [3.63, 3.8) is 0 Å². The smallest absolute Gasteiger partial charge is 0.337 e. The molecule has 1 atom stereocenters. The molecule has 0 saturated heterocycles. The SMILES string of the molecule is COC(=O)c1ccc(C2C=NN(C(C)C)C2=O)cc1. The molecular weight excluding hydrogens is 244 g/mol. The fourth-order valence-electron chi connectivity index (χ4n) is 1.96. The van der Waals surface area contributed by atoms with Gasteiger partial charge in [0.25, 0.3) is 5.91 Å². The predicted octanol–water partition coefficient (Wildman–Crippen LogP) is 1.79. The number of hydrogen-bond acceptors (Lipinski definition) is 4. The van der Waals surface area contributed by atoms with Crippen LogP contribution in [0.2, 0.25) is 0 Å². The molecule has 0 bridgehead atoms. The standard InChI is InChI=1S/C14H16N2O3/c1-9(2)16-13(17)12(8-15-16)10-4-6-11(7-5-10)14(18)19-3/h4-9,12H,1-3H3. The Bertz CT molecular complexity index is 520. The molecule has 0 fully saturated rings. The van der Waals surface area contributed by atoms with Crippen LogP contribution in [0.15, 0.2) is 29.4 Å². The molecule has 19 heavy (non-hydrogen) atoms. The number of benzene rings is 1. The number of ether oxygens (including phenoxy) is 1. The van der Waals surface area contributed by atoms with Crippen LogP contribution >= 0.6 is 0 Å². The molecule has 1 aliphatic rings. The van der Waals surface area contributed by atoms with Gasteiger partial charge in [0.15, 0.2) is 0 Å². The van der Waals surface area contributed by atoms with Crippen LogP contribution < -0.4 is 0 Å². The molecule has 5 nitrogen and oxygen atoms in total. The Morgan fingerprint density at radius 1 is 1.32 bits per heavy atom. The number of carbonyl (C=O) groups excluding carboxylic acids is 2. The van der Waals surface area contributed by atoms with Crippen molar-refractivity contribution in [1.29, 1.82) is 0 Å². The largest absolute Gasteiger partial charge is 0.465 e. The van der Waals surface area contributed by atoms with Crippen LogP contribution in [0.25, 0.3) is 0 Å². The summed E-state index contributed by atoms with van der Waals surface area (Å²) in [4.78, 5) is 23.5. The maximum atomic E-state index is 12.1. The van der Waals surface area contributed by atoms with E-state index in [-0.39, 0.29) is 23.8 Å². The van der Waals surface area contributed by atoms with Gasteiger partial charge in [-0.15, -0.1) is 0 Å². The van der Waals surface area contributed by atoms with Crippen LogP contribution in [0.3, 0.4) is 0 Å². The van der Waals surface area contributed by atoms with Gasteiger partial charge in [0.2, 0.25) is 0 Å². The molecule has 100 valence electrons. The fraction of sp³-hybridized carbons (Fsp3) is 0.357. The predicted molar refractivity (Wildman–Crippen MR) is 71.0 cm³/mol. The van der Waals surface area contributed by atoms with Crippen molar-refractivity contribution < 1.29 is 14.3 Å². The minimum atomic E-state index is -0.387. The highest BCUT2D eigenvalue weighted by atomic mass is 16.5. The lowest BCUT2D eigenvalue weighted by molar-refractivity contribution is -0.131. The summed E-state index contributed by atoms with van der Waals surface area (Å²) >= 11 is 0. The van der Waals surface area contributed by atoms with Crippen molar-refractivity contribution in [2.24, 2.45) is 5.10 Å². The summed E-state index contributed by atoms with van der Waals surface area (Å²) in [6.07, 6.45) is 1.63. The zero-order valence-electron chi connectivity index (χ0n) is 11.2. The van der Waals surface area contributed by atoms with Crippen molar-refractivity contribution >= 4 is 18.1 Å². The summed E-state index contributed by atoms with van der Waals surface area (Å²) in [7, 11) is 1.34. The molecule has 0 N–H and O–H groups in total. The second kappa shape index (κ2) is 5.22. The number of nitrogens with zero attached hydrogens (tertiary/aromatic N) is 2. The first-order chi connectivity index (χ1) is 9.04. The molecule has 0 saturated carbocycles. The summed E-state index contributed by atoms with van der Waals surface area (Å²) in [5.41, 5.74) is 1.29. The molecule has 2 rings (SSSR count). The van der Waals surface area contributed by atoms with Crippen LogP contribution in [0.4, 0.5) is 0 Å². The van der Waals surface area contributed by atoms with Crippen LogP contribution in [-0.2, 0) is 9.53 Å². The summed E-state index contributed by atoms with van der Waals surface area (Å²) in [5, 5.41) is 5.59. The second-order valence-electron chi connectivity index (χ2n) is 4.63. The van der Waals surface area contributed by atoms with Crippen LogP contribution in [-0.4, -0.2) is 36.3 Å². The van der Waals surface area contributed by atoms with Crippen molar-refractivity contribution in [3.05, 3.63) is 35.4 Å². The van der Waals surface area contributed by atoms with Crippen molar-refractivity contribution in [2.75, 3.05) is 7.11 Å². The lowest BCUT2D eigenvalue weighted by Crippen LogP contribution is -2.31. The maximum absolute atomic E-state index is 12.1. The number of hydrazone groups is 1. The minimum absolute atomic E-state index is 0.0409. The monoisotopic (exact) mass is 260 g/mol. The summed E-state index contributed by atoms with van der Waals surface area (Å²) in [6.45, 7) is 3.83. The van der Waals surface area contributed by atoms with E-state index >= 15 is 0 Å². The number of methoxy groups -OCH3 is 1. The van der Waals surface area contributed by atoms with E-state index in [4.69, 9.17) is 0 Å². The van der Waals surface area contributed by atoms with Gasteiger partial charge in [-0.2, -0.15) is 5.10 Å². The third-order valence-electron chi connectivity index (χ3n) is 3.01. The molecule has 5 heteroatoms. The molecule has 0 aliphatic carbocycles. The van der Waals surface area contributed by atoms with E-state index in [9.17, 15) is 9.59 Å². The van der Waals surface area contributed by atoms with E-state index in [0.717, 1.165) is 5.56 Å². The molecular formula is C14H16N2O3. The van der Waals surface area contributed by atoms with E-state index < -0.39 is 0 Å². The highest BCUT2D eigenvalue weighted by molar-refractivity contribution is 6.03. The number of rotatable bonds is 3. The van der Waals surface area contributed by atoms with Crippen LogP contribution in [0, 0.1) is 0 Å². The van der Waals surface area contributed by atoms with E-state index in [0.29, 0.717) is 5.56 Å². The van der Waals surface area contributed by atoms with Gasteiger partial charge < -0.3 is 4.74 Å². The molecule has 1 unspecified atom stereocenters. The highest BCUT2D eigenvalue weighted by Crippen LogP contribution is 2.23. The van der Waals surface area contributed by atoms with Gasteiger partial charge in [0.05, 0.1) is 12.7 Å². The van der Waals surface area contributed by atoms with E-state index in [1.165, 1.54) is 12.1 Å². The van der Waals surface area contributed by atoms with Gasteiger partial charge in [-0.1, -0.05) is 12.1 Å². The minimum Gasteiger partial charge on any atom is -0.465 e. The van der Waals surface area contributed by atoms with Crippen molar-refractivity contribution in [3.8, 4) is 0 Å². The van der Waals surface area contributed by atoms with Crippen molar-refractivity contribution in [1.82, 2.24) is 5.01 Å². The number of amides is 1. The molecule has 1 amide bonds. The molecule has 1 aromatic rings. The van der Waals surface area contributed by atoms with Gasteiger partial charge >= 0.3 is 5.97 Å². The molecule has 0 spiro atoms. The highest BCUT2D eigenvalue weighted by Gasteiger charge is 2.31. The Labute approximate surface area is 111 Å². The van der Waals surface area contributed by atoms with Gasteiger partial charge in [0.1, 0.15) is 5.92 Å². The molecule has 1 aliphatic heterocycles. The Morgan fingerprint density at radius 3 is 2.42 bits per heavy atom. The van der Waals surface area contributed by atoms with E-state index in [1.54, 1.807) is 30.5 Å². The lowest BCUT2D eigenvalue weighted by Gasteiger charge is -2.18. The first kappa shape index (κ1) is 13.3. The Balaban J connectivity index is 2.18. The second-order valence-corrected chi connectivity index (χ2v) is 4.63. The van der Waals surface area contributed by atoms with Crippen LogP contribution in [0.5, 0.6) is 0 Å². The van der Waals surface area contributed by atoms with E-state index in [1.807, 2.05) is 13.8 Å². The summed E-state index contributed by atoms with van der Waals surface area (Å²) in [6, 6.07) is 6.86. The Kier molecular flexibility index (Phi) is 3.64. The van der Waals surface area contributed by atoms with Crippen molar-refractivity contribution in [2.45, 2.75) is 25.8 Å². The topological polar surface area (TPSA) is 59.0 Å². The Morgan fingerprint density at radius 2 is 1.95 bits per heavy atom. The number of hydrogen-bond donors (Lipinski definition) is 0. The maximum Gasteiger partial charge on any atom is 0.337 e. The quantitative estimate of drug-likeness (QED) is 0.778. The number of carbonyl (C=O) groups is 2. The molecule has 0 aromatic heterocycles. The lowest BCUT2D eigenvalue weighted by atomic mass is 9.98. The molecule has 0 radical (unpaired) electrons. The summed E-state index contributed by atoms with van der Waals surface area (Å²) in [5.74, 6) is -0.795. The normalized spacial score (nSPS) is 18.2.